The third-order valence-electron chi connectivity index (χ3n) is 5.41. The van der Waals surface area contributed by atoms with Gasteiger partial charge in [-0.1, -0.05) is 13.8 Å². The number of aromatic amines is 1. The average molecular weight is 341 g/mol. The summed E-state index contributed by atoms with van der Waals surface area (Å²) >= 11 is 0. The Bertz CT molecular complexity index is 521. The molecule has 0 radical (unpaired) electrons. The first-order valence-electron chi connectivity index (χ1n) is 8.70. The van der Waals surface area contributed by atoms with Gasteiger partial charge in [-0.2, -0.15) is 5.10 Å². The number of aromatic nitrogens is 2. The number of nitrogens with zero attached hydrogens (tertiary/aromatic N) is 1. The SMILES string of the molecule is CC(C)C1CCC(CNC(=O)c2n[nH]c3c2CNCC3)CC1.Cl. The van der Waals surface area contributed by atoms with Crippen molar-refractivity contribution < 1.29 is 4.79 Å². The highest BCUT2D eigenvalue weighted by molar-refractivity contribution is 5.94. The number of hydrogen-bond acceptors (Lipinski definition) is 3. The summed E-state index contributed by atoms with van der Waals surface area (Å²) in [5.41, 5.74) is 2.74. The molecule has 23 heavy (non-hydrogen) atoms. The molecule has 3 N–H and O–H groups in total. The second-order valence-corrected chi connectivity index (χ2v) is 7.19. The summed E-state index contributed by atoms with van der Waals surface area (Å²) < 4.78 is 0. The molecule has 0 aromatic carbocycles. The molecule has 1 aromatic rings. The van der Waals surface area contributed by atoms with Gasteiger partial charge < -0.3 is 10.6 Å². The number of fused-ring (bicyclic) bond motifs is 1. The van der Waals surface area contributed by atoms with Crippen LogP contribution in [0.25, 0.3) is 0 Å². The van der Waals surface area contributed by atoms with Gasteiger partial charge in [0, 0.05) is 37.3 Å². The predicted octanol–water partition coefficient (Wildman–Crippen LogP) is 2.67. The number of nitrogens with one attached hydrogen (secondary N) is 3. The number of H-pyrrole nitrogens is 1. The zero-order chi connectivity index (χ0) is 15.5. The van der Waals surface area contributed by atoms with Crippen molar-refractivity contribution in [3.05, 3.63) is 17.0 Å². The number of amides is 1. The number of carbonyl (C=O) groups is 1. The van der Waals surface area contributed by atoms with E-state index in [1.165, 1.54) is 25.7 Å². The van der Waals surface area contributed by atoms with Crippen LogP contribution in [0.1, 0.15) is 61.3 Å². The molecule has 1 fully saturated rings. The summed E-state index contributed by atoms with van der Waals surface area (Å²) in [6.45, 7) is 7.13. The Morgan fingerprint density at radius 3 is 2.74 bits per heavy atom. The first-order chi connectivity index (χ1) is 10.6. The van der Waals surface area contributed by atoms with Crippen LogP contribution in [0.3, 0.4) is 0 Å². The smallest absolute Gasteiger partial charge is 0.272 e. The largest absolute Gasteiger partial charge is 0.350 e. The van der Waals surface area contributed by atoms with E-state index in [-0.39, 0.29) is 18.3 Å². The lowest BCUT2D eigenvalue weighted by molar-refractivity contribution is 0.0933. The van der Waals surface area contributed by atoms with Gasteiger partial charge in [0.05, 0.1) is 0 Å². The Balaban J connectivity index is 0.00000192. The van der Waals surface area contributed by atoms with Crippen molar-refractivity contribution in [2.24, 2.45) is 17.8 Å². The fraction of sp³-hybridized carbons (Fsp3) is 0.765. The molecule has 3 rings (SSSR count). The van der Waals surface area contributed by atoms with Gasteiger partial charge in [-0.3, -0.25) is 9.89 Å². The van der Waals surface area contributed by atoms with Crippen molar-refractivity contribution in [2.75, 3.05) is 13.1 Å². The molecule has 5 nitrogen and oxygen atoms in total. The second kappa shape index (κ2) is 8.15. The standard InChI is InChI=1S/C17H28N4O.ClH/c1-11(2)13-5-3-12(4-6-13)9-19-17(22)16-14-10-18-8-7-15(14)20-21-16;/h11-13,18H,3-10H2,1-2H3,(H,19,22)(H,20,21);1H. The number of rotatable bonds is 4. The van der Waals surface area contributed by atoms with Gasteiger partial charge in [-0.25, -0.2) is 0 Å². The van der Waals surface area contributed by atoms with Gasteiger partial charge in [-0.05, 0) is 43.4 Å². The topological polar surface area (TPSA) is 69.8 Å². The van der Waals surface area contributed by atoms with E-state index in [4.69, 9.17) is 0 Å². The van der Waals surface area contributed by atoms with Crippen molar-refractivity contribution >= 4 is 18.3 Å². The maximum atomic E-state index is 12.4. The van der Waals surface area contributed by atoms with Crippen LogP contribution in [-0.4, -0.2) is 29.2 Å². The highest BCUT2D eigenvalue weighted by Gasteiger charge is 2.25. The summed E-state index contributed by atoms with van der Waals surface area (Å²) in [6.07, 6.45) is 6.02. The molecule has 130 valence electrons. The maximum Gasteiger partial charge on any atom is 0.272 e. The second-order valence-electron chi connectivity index (χ2n) is 7.19. The first-order valence-corrected chi connectivity index (χ1v) is 8.70. The Labute approximate surface area is 144 Å². The Morgan fingerprint density at radius 2 is 2.04 bits per heavy atom. The Kier molecular flexibility index (Phi) is 6.48. The minimum Gasteiger partial charge on any atom is -0.350 e. The number of carbonyl (C=O) groups excluding carboxylic acids is 1. The van der Waals surface area contributed by atoms with Gasteiger partial charge in [0.25, 0.3) is 5.91 Å². The summed E-state index contributed by atoms with van der Waals surface area (Å²) in [5.74, 6) is 2.27. The van der Waals surface area contributed by atoms with Crippen molar-refractivity contribution in [2.45, 2.75) is 52.5 Å². The van der Waals surface area contributed by atoms with Crippen molar-refractivity contribution in [1.82, 2.24) is 20.8 Å². The Hall–Kier alpha value is -1.07. The van der Waals surface area contributed by atoms with Crippen LogP contribution in [0, 0.1) is 17.8 Å². The maximum absolute atomic E-state index is 12.4. The monoisotopic (exact) mass is 340 g/mol. The molecule has 1 aliphatic heterocycles. The van der Waals surface area contributed by atoms with Gasteiger partial charge in [0.15, 0.2) is 5.69 Å². The molecule has 1 aromatic heterocycles. The molecule has 2 heterocycles. The molecule has 6 heteroatoms. The van der Waals surface area contributed by atoms with E-state index in [1.807, 2.05) is 0 Å². The molecule has 0 saturated heterocycles. The zero-order valence-electron chi connectivity index (χ0n) is 14.2. The van der Waals surface area contributed by atoms with Crippen molar-refractivity contribution in [3.63, 3.8) is 0 Å². The van der Waals surface area contributed by atoms with E-state index in [9.17, 15) is 4.79 Å². The lowest BCUT2D eigenvalue weighted by atomic mass is 9.77. The van der Waals surface area contributed by atoms with Crippen molar-refractivity contribution in [3.8, 4) is 0 Å². The van der Waals surface area contributed by atoms with Crippen LogP contribution in [0.4, 0.5) is 0 Å². The third kappa shape index (κ3) is 4.27. The van der Waals surface area contributed by atoms with E-state index < -0.39 is 0 Å². The van der Waals surface area contributed by atoms with E-state index in [1.54, 1.807) is 0 Å². The molecular weight excluding hydrogens is 312 g/mol. The van der Waals surface area contributed by atoms with Crippen LogP contribution in [0.15, 0.2) is 0 Å². The molecule has 1 aliphatic carbocycles. The summed E-state index contributed by atoms with van der Waals surface area (Å²) in [6, 6.07) is 0. The zero-order valence-corrected chi connectivity index (χ0v) is 15.0. The van der Waals surface area contributed by atoms with Gasteiger partial charge in [-0.15, -0.1) is 12.4 Å². The van der Waals surface area contributed by atoms with Crippen LogP contribution in [0.2, 0.25) is 0 Å². The van der Waals surface area contributed by atoms with Gasteiger partial charge >= 0.3 is 0 Å². The molecular formula is C17H29ClN4O. The summed E-state index contributed by atoms with van der Waals surface area (Å²) in [5, 5.41) is 13.6. The number of hydrogen-bond donors (Lipinski definition) is 3. The molecule has 1 amide bonds. The first kappa shape index (κ1) is 18.3. The summed E-state index contributed by atoms with van der Waals surface area (Å²) in [7, 11) is 0. The fourth-order valence-electron chi connectivity index (χ4n) is 3.79. The van der Waals surface area contributed by atoms with Crippen molar-refractivity contribution in [1.29, 1.82) is 0 Å². The van der Waals surface area contributed by atoms with Crippen LogP contribution in [0.5, 0.6) is 0 Å². The van der Waals surface area contributed by atoms with Gasteiger partial charge in [0.1, 0.15) is 0 Å². The minimum atomic E-state index is -0.0211. The quantitative estimate of drug-likeness (QED) is 0.789. The highest BCUT2D eigenvalue weighted by Crippen LogP contribution is 2.32. The van der Waals surface area contributed by atoms with Crippen LogP contribution >= 0.6 is 12.4 Å². The van der Waals surface area contributed by atoms with Gasteiger partial charge in [0.2, 0.25) is 0 Å². The Morgan fingerprint density at radius 1 is 1.30 bits per heavy atom. The normalized spacial score (nSPS) is 24.0. The number of halogens is 1. The average Bonchev–Trinajstić information content (AvgIpc) is 2.97. The molecule has 0 atom stereocenters. The van der Waals surface area contributed by atoms with E-state index in [0.29, 0.717) is 11.6 Å². The minimum absolute atomic E-state index is 0. The molecule has 0 spiro atoms. The van der Waals surface area contributed by atoms with Crippen LogP contribution < -0.4 is 10.6 Å². The molecule has 0 bridgehead atoms. The fourth-order valence-corrected chi connectivity index (χ4v) is 3.79. The van der Waals surface area contributed by atoms with E-state index >= 15 is 0 Å². The summed E-state index contributed by atoms with van der Waals surface area (Å²) in [4.78, 5) is 12.4. The lowest BCUT2D eigenvalue weighted by Crippen LogP contribution is -2.33. The van der Waals surface area contributed by atoms with E-state index in [2.05, 4.69) is 34.7 Å². The molecule has 0 unspecified atom stereocenters. The molecule has 1 saturated carbocycles. The lowest BCUT2D eigenvalue weighted by Gasteiger charge is -2.30. The third-order valence-corrected chi connectivity index (χ3v) is 5.41. The highest BCUT2D eigenvalue weighted by atomic mass is 35.5. The van der Waals surface area contributed by atoms with E-state index in [0.717, 1.165) is 49.1 Å². The molecule has 2 aliphatic rings. The predicted molar refractivity (Wildman–Crippen MR) is 93.9 cm³/mol. The van der Waals surface area contributed by atoms with Crippen LogP contribution in [-0.2, 0) is 13.0 Å².